The SMILES string of the molecule is CCS(=O)(=O)CC(C)NC1CCCC(C)CC1. The van der Waals surface area contributed by atoms with Gasteiger partial charge in [0, 0.05) is 17.8 Å². The average Bonchev–Trinajstić information content (AvgIpc) is 2.43. The van der Waals surface area contributed by atoms with Gasteiger partial charge in [-0.25, -0.2) is 8.42 Å². The highest BCUT2D eigenvalue weighted by Gasteiger charge is 2.20. The summed E-state index contributed by atoms with van der Waals surface area (Å²) in [6, 6.07) is 0.598. The van der Waals surface area contributed by atoms with Crippen molar-refractivity contribution in [2.75, 3.05) is 11.5 Å². The lowest BCUT2D eigenvalue weighted by Gasteiger charge is -2.21. The average molecular weight is 261 g/mol. The van der Waals surface area contributed by atoms with E-state index in [2.05, 4.69) is 12.2 Å². The van der Waals surface area contributed by atoms with E-state index in [4.69, 9.17) is 0 Å². The molecule has 0 heterocycles. The summed E-state index contributed by atoms with van der Waals surface area (Å²) < 4.78 is 23.1. The van der Waals surface area contributed by atoms with Gasteiger partial charge in [-0.3, -0.25) is 0 Å². The third-order valence-electron chi connectivity index (χ3n) is 3.72. The zero-order chi connectivity index (χ0) is 12.9. The summed E-state index contributed by atoms with van der Waals surface area (Å²) in [7, 11) is -2.85. The Labute approximate surface area is 106 Å². The van der Waals surface area contributed by atoms with Crippen LogP contribution in [0.25, 0.3) is 0 Å². The van der Waals surface area contributed by atoms with E-state index in [1.165, 1.54) is 32.1 Å². The van der Waals surface area contributed by atoms with Gasteiger partial charge in [-0.15, -0.1) is 0 Å². The fourth-order valence-corrected chi connectivity index (χ4v) is 3.70. The Morgan fingerprint density at radius 3 is 2.59 bits per heavy atom. The summed E-state index contributed by atoms with van der Waals surface area (Å²) in [4.78, 5) is 0. The molecule has 0 aliphatic heterocycles. The van der Waals surface area contributed by atoms with E-state index in [-0.39, 0.29) is 17.5 Å². The van der Waals surface area contributed by atoms with Crippen LogP contribution >= 0.6 is 0 Å². The fraction of sp³-hybridized carbons (Fsp3) is 1.00. The summed E-state index contributed by atoms with van der Waals surface area (Å²) in [5, 5.41) is 3.49. The van der Waals surface area contributed by atoms with Crippen molar-refractivity contribution in [2.24, 2.45) is 5.92 Å². The van der Waals surface area contributed by atoms with Crippen LogP contribution in [0.3, 0.4) is 0 Å². The molecule has 1 aliphatic rings. The van der Waals surface area contributed by atoms with Crippen LogP contribution in [0.5, 0.6) is 0 Å². The molecule has 1 aliphatic carbocycles. The summed E-state index contributed by atoms with van der Waals surface area (Å²) in [5.74, 6) is 1.35. The third-order valence-corrected chi connectivity index (χ3v) is 5.61. The van der Waals surface area contributed by atoms with Gasteiger partial charge < -0.3 is 5.32 Å². The summed E-state index contributed by atoms with van der Waals surface area (Å²) in [6.07, 6.45) is 6.25. The second-order valence-corrected chi connectivity index (χ2v) is 7.97. The second kappa shape index (κ2) is 6.74. The van der Waals surface area contributed by atoms with Crippen LogP contribution in [0.4, 0.5) is 0 Å². The van der Waals surface area contributed by atoms with Crippen molar-refractivity contribution >= 4 is 9.84 Å². The fourth-order valence-electron chi connectivity index (χ4n) is 2.60. The van der Waals surface area contributed by atoms with Crippen molar-refractivity contribution in [3.05, 3.63) is 0 Å². The summed E-state index contributed by atoms with van der Waals surface area (Å²) in [5.41, 5.74) is 0. The van der Waals surface area contributed by atoms with E-state index in [1.54, 1.807) is 6.92 Å². The van der Waals surface area contributed by atoms with Crippen LogP contribution in [-0.4, -0.2) is 32.0 Å². The van der Waals surface area contributed by atoms with E-state index in [9.17, 15) is 8.42 Å². The molecule has 1 fully saturated rings. The molecule has 0 aromatic heterocycles. The molecule has 1 rings (SSSR count). The first kappa shape index (κ1) is 15.0. The normalized spacial score (nSPS) is 28.6. The molecule has 3 unspecified atom stereocenters. The van der Waals surface area contributed by atoms with Crippen molar-refractivity contribution in [3.8, 4) is 0 Å². The maximum Gasteiger partial charge on any atom is 0.151 e. The summed E-state index contributed by atoms with van der Waals surface area (Å²) in [6.45, 7) is 6.02. The number of hydrogen-bond acceptors (Lipinski definition) is 3. The number of sulfone groups is 1. The topological polar surface area (TPSA) is 46.2 Å². The second-order valence-electron chi connectivity index (χ2n) is 5.58. The zero-order valence-corrected chi connectivity index (χ0v) is 12.2. The predicted molar refractivity (Wildman–Crippen MR) is 73.0 cm³/mol. The molecular formula is C13H27NO2S. The van der Waals surface area contributed by atoms with Gasteiger partial charge in [0.1, 0.15) is 0 Å². The van der Waals surface area contributed by atoms with Gasteiger partial charge >= 0.3 is 0 Å². The molecule has 0 saturated heterocycles. The van der Waals surface area contributed by atoms with Crippen molar-refractivity contribution in [1.82, 2.24) is 5.32 Å². The number of rotatable bonds is 5. The minimum atomic E-state index is -2.85. The van der Waals surface area contributed by atoms with Crippen LogP contribution in [-0.2, 0) is 9.84 Å². The first-order valence-corrected chi connectivity index (χ1v) is 8.71. The molecule has 0 bridgehead atoms. The maximum absolute atomic E-state index is 11.5. The first-order valence-electron chi connectivity index (χ1n) is 6.89. The van der Waals surface area contributed by atoms with Gasteiger partial charge in [-0.1, -0.05) is 26.7 Å². The van der Waals surface area contributed by atoms with Crippen LogP contribution in [0.15, 0.2) is 0 Å². The Kier molecular flexibility index (Phi) is 5.93. The largest absolute Gasteiger partial charge is 0.310 e. The highest BCUT2D eigenvalue weighted by Crippen LogP contribution is 2.22. The number of nitrogens with one attached hydrogen (secondary N) is 1. The van der Waals surface area contributed by atoms with Gasteiger partial charge in [-0.2, -0.15) is 0 Å². The molecule has 0 radical (unpaired) electrons. The minimum Gasteiger partial charge on any atom is -0.310 e. The Balaban J connectivity index is 2.37. The molecule has 102 valence electrons. The molecule has 1 saturated carbocycles. The number of hydrogen-bond donors (Lipinski definition) is 1. The monoisotopic (exact) mass is 261 g/mol. The molecule has 1 N–H and O–H groups in total. The van der Waals surface area contributed by atoms with Gasteiger partial charge in [0.05, 0.1) is 5.75 Å². The summed E-state index contributed by atoms with van der Waals surface area (Å²) >= 11 is 0. The van der Waals surface area contributed by atoms with E-state index < -0.39 is 9.84 Å². The molecule has 0 aromatic carbocycles. The van der Waals surface area contributed by atoms with Crippen molar-refractivity contribution in [2.45, 2.75) is 65.0 Å². The maximum atomic E-state index is 11.5. The predicted octanol–water partition coefficient (Wildman–Crippen LogP) is 2.37. The molecular weight excluding hydrogens is 234 g/mol. The van der Waals surface area contributed by atoms with Gasteiger partial charge in [-0.05, 0) is 32.1 Å². The molecule has 3 atom stereocenters. The lowest BCUT2D eigenvalue weighted by molar-refractivity contribution is 0.415. The quantitative estimate of drug-likeness (QED) is 0.773. The Morgan fingerprint density at radius 2 is 1.94 bits per heavy atom. The zero-order valence-electron chi connectivity index (χ0n) is 11.4. The van der Waals surface area contributed by atoms with Crippen molar-refractivity contribution in [1.29, 1.82) is 0 Å². The van der Waals surface area contributed by atoms with Crippen molar-refractivity contribution in [3.63, 3.8) is 0 Å². The van der Waals surface area contributed by atoms with E-state index in [0.717, 1.165) is 5.92 Å². The highest BCUT2D eigenvalue weighted by atomic mass is 32.2. The standard InChI is InChI=1S/C13H27NO2S/c1-4-17(15,16)10-12(3)14-13-7-5-6-11(2)8-9-13/h11-14H,4-10H2,1-3H3. The Bertz CT molecular complexity index is 313. The van der Waals surface area contributed by atoms with E-state index >= 15 is 0 Å². The molecule has 4 heteroatoms. The molecule has 0 spiro atoms. The first-order chi connectivity index (χ1) is 7.93. The Hall–Kier alpha value is -0.0900. The van der Waals surface area contributed by atoms with Crippen LogP contribution in [0.1, 0.15) is 52.9 Å². The molecule has 0 amide bonds. The van der Waals surface area contributed by atoms with Gasteiger partial charge in [0.15, 0.2) is 9.84 Å². The van der Waals surface area contributed by atoms with E-state index in [0.29, 0.717) is 6.04 Å². The third kappa shape index (κ3) is 5.87. The van der Waals surface area contributed by atoms with Gasteiger partial charge in [0.25, 0.3) is 0 Å². The molecule has 0 aromatic rings. The Morgan fingerprint density at radius 1 is 1.24 bits per heavy atom. The van der Waals surface area contributed by atoms with Crippen molar-refractivity contribution < 1.29 is 8.42 Å². The minimum absolute atomic E-state index is 0.0818. The highest BCUT2D eigenvalue weighted by molar-refractivity contribution is 7.91. The molecule has 17 heavy (non-hydrogen) atoms. The van der Waals surface area contributed by atoms with E-state index in [1.807, 2.05) is 6.92 Å². The van der Waals surface area contributed by atoms with Crippen LogP contribution in [0, 0.1) is 5.92 Å². The lowest BCUT2D eigenvalue weighted by atomic mass is 10.0. The lowest BCUT2D eigenvalue weighted by Crippen LogP contribution is -2.40. The smallest absolute Gasteiger partial charge is 0.151 e. The van der Waals surface area contributed by atoms with Crippen LogP contribution < -0.4 is 5.32 Å². The molecule has 3 nitrogen and oxygen atoms in total. The van der Waals surface area contributed by atoms with Gasteiger partial charge in [0.2, 0.25) is 0 Å². The van der Waals surface area contributed by atoms with Crippen LogP contribution in [0.2, 0.25) is 0 Å².